The van der Waals surface area contributed by atoms with Crippen LogP contribution in [0.5, 0.6) is 0 Å². The van der Waals surface area contributed by atoms with Gasteiger partial charge in [0.1, 0.15) is 0 Å². The Morgan fingerprint density at radius 3 is 2.67 bits per heavy atom. The molecular weight excluding hydrogens is 194 g/mol. The van der Waals surface area contributed by atoms with E-state index in [4.69, 9.17) is 0 Å². The van der Waals surface area contributed by atoms with Gasteiger partial charge in [0.25, 0.3) is 0 Å². The zero-order valence-corrected chi connectivity index (χ0v) is 9.58. The van der Waals surface area contributed by atoms with E-state index in [-0.39, 0.29) is 11.7 Å². The summed E-state index contributed by atoms with van der Waals surface area (Å²) in [5.41, 5.74) is -0.207. The van der Waals surface area contributed by atoms with E-state index in [2.05, 4.69) is 10.4 Å². The predicted octanol–water partition coefficient (Wildman–Crippen LogP) is -0.120. The first kappa shape index (κ1) is 11.6. The lowest BCUT2D eigenvalue weighted by Crippen LogP contribution is -2.34. The van der Waals surface area contributed by atoms with Crippen molar-refractivity contribution in [1.82, 2.24) is 24.7 Å². The summed E-state index contributed by atoms with van der Waals surface area (Å²) >= 11 is 0. The molecule has 0 aromatic carbocycles. The van der Waals surface area contributed by atoms with Gasteiger partial charge in [0.2, 0.25) is 0 Å². The minimum atomic E-state index is -0.207. The Hall–Kier alpha value is -1.43. The first-order valence-corrected chi connectivity index (χ1v) is 4.87. The van der Waals surface area contributed by atoms with Crippen molar-refractivity contribution in [3.05, 3.63) is 16.6 Å². The van der Waals surface area contributed by atoms with E-state index in [1.165, 1.54) is 9.36 Å². The van der Waals surface area contributed by atoms with Crippen LogP contribution in [0.1, 0.15) is 13.8 Å². The molecule has 0 saturated carbocycles. The quantitative estimate of drug-likeness (QED) is 0.696. The molecule has 0 N–H and O–H groups in total. The van der Waals surface area contributed by atoms with Crippen LogP contribution in [0.4, 0.5) is 0 Å². The molecule has 0 amide bonds. The number of likely N-dealkylation sites (N-methyl/N-ethyl adjacent to an activating group) is 1. The number of allylic oxidation sites excluding steroid dienone is 1. The second-order valence-electron chi connectivity index (χ2n) is 3.68. The molecule has 84 valence electrons. The van der Waals surface area contributed by atoms with Crippen molar-refractivity contribution in [3.8, 4) is 0 Å². The third-order valence-electron chi connectivity index (χ3n) is 2.27. The maximum absolute atomic E-state index is 11.6. The standard InChI is InChI=1S/C9H17N5O/c1-5-6-13-9(15)14(11-10-13)7-8(2)12(3)4/h5-6,8H,7H2,1-4H3/b6-5+. The van der Waals surface area contributed by atoms with E-state index in [0.29, 0.717) is 6.54 Å². The van der Waals surface area contributed by atoms with Crippen LogP contribution in [0.3, 0.4) is 0 Å². The predicted molar refractivity (Wildman–Crippen MR) is 58.4 cm³/mol. The maximum atomic E-state index is 11.6. The fourth-order valence-electron chi connectivity index (χ4n) is 1.05. The highest BCUT2D eigenvalue weighted by Gasteiger charge is 2.10. The summed E-state index contributed by atoms with van der Waals surface area (Å²) in [6.07, 6.45) is 3.34. The van der Waals surface area contributed by atoms with Gasteiger partial charge in [-0.1, -0.05) is 6.08 Å². The molecule has 1 rings (SSSR count). The first-order chi connectivity index (χ1) is 7.06. The SMILES string of the molecule is C/C=C/n1nnn(CC(C)N(C)C)c1=O. The average molecular weight is 211 g/mol. The van der Waals surface area contributed by atoms with Crippen molar-refractivity contribution >= 4 is 6.20 Å². The molecule has 6 heteroatoms. The molecule has 1 aromatic heterocycles. The zero-order chi connectivity index (χ0) is 11.4. The molecular formula is C9H17N5O. The van der Waals surface area contributed by atoms with Crippen molar-refractivity contribution < 1.29 is 0 Å². The van der Waals surface area contributed by atoms with Gasteiger partial charge in [-0.25, -0.2) is 4.79 Å². The highest BCUT2D eigenvalue weighted by atomic mass is 16.2. The lowest BCUT2D eigenvalue weighted by molar-refractivity contribution is 0.271. The number of rotatable bonds is 4. The third kappa shape index (κ3) is 2.76. The highest BCUT2D eigenvalue weighted by Crippen LogP contribution is 1.93. The Morgan fingerprint density at radius 2 is 2.13 bits per heavy atom. The number of hydrogen-bond donors (Lipinski definition) is 0. The summed E-state index contributed by atoms with van der Waals surface area (Å²) in [4.78, 5) is 13.7. The molecule has 1 heterocycles. The first-order valence-electron chi connectivity index (χ1n) is 4.87. The second-order valence-corrected chi connectivity index (χ2v) is 3.68. The number of nitrogens with zero attached hydrogens (tertiary/aromatic N) is 5. The minimum absolute atomic E-state index is 0.207. The fourth-order valence-corrected chi connectivity index (χ4v) is 1.05. The Balaban J connectivity index is 2.84. The summed E-state index contributed by atoms with van der Waals surface area (Å²) in [6, 6.07) is 0.249. The van der Waals surface area contributed by atoms with Crippen molar-refractivity contribution in [1.29, 1.82) is 0 Å². The van der Waals surface area contributed by atoms with E-state index in [1.54, 1.807) is 12.3 Å². The van der Waals surface area contributed by atoms with Gasteiger partial charge in [-0.15, -0.1) is 0 Å². The zero-order valence-electron chi connectivity index (χ0n) is 9.58. The molecule has 1 aromatic rings. The molecule has 0 fully saturated rings. The van der Waals surface area contributed by atoms with E-state index < -0.39 is 0 Å². The highest BCUT2D eigenvalue weighted by molar-refractivity contribution is 5.15. The van der Waals surface area contributed by atoms with Crippen LogP contribution in [0.2, 0.25) is 0 Å². The maximum Gasteiger partial charge on any atom is 0.367 e. The van der Waals surface area contributed by atoms with Crippen molar-refractivity contribution in [3.63, 3.8) is 0 Å². The van der Waals surface area contributed by atoms with Crippen molar-refractivity contribution in [2.24, 2.45) is 0 Å². The summed E-state index contributed by atoms with van der Waals surface area (Å²) in [5.74, 6) is 0. The Labute approximate surface area is 88.8 Å². The second kappa shape index (κ2) is 4.88. The molecule has 0 bridgehead atoms. The van der Waals surface area contributed by atoms with Gasteiger partial charge in [0, 0.05) is 12.2 Å². The molecule has 0 radical (unpaired) electrons. The largest absolute Gasteiger partial charge is 0.367 e. The van der Waals surface area contributed by atoms with E-state index in [1.807, 2.05) is 32.8 Å². The summed E-state index contributed by atoms with van der Waals surface area (Å²) in [5, 5.41) is 7.53. The number of tetrazole rings is 1. The third-order valence-corrected chi connectivity index (χ3v) is 2.27. The lowest BCUT2D eigenvalue weighted by Gasteiger charge is -2.18. The van der Waals surface area contributed by atoms with Crippen molar-refractivity contribution in [2.45, 2.75) is 26.4 Å². The molecule has 6 nitrogen and oxygen atoms in total. The number of aromatic nitrogens is 4. The topological polar surface area (TPSA) is 56.0 Å². The molecule has 0 spiro atoms. The van der Waals surface area contributed by atoms with Gasteiger partial charge in [-0.3, -0.25) is 0 Å². The van der Waals surface area contributed by atoms with Gasteiger partial charge < -0.3 is 4.90 Å². The fraction of sp³-hybridized carbons (Fsp3) is 0.667. The van der Waals surface area contributed by atoms with Gasteiger partial charge in [0.15, 0.2) is 0 Å². The van der Waals surface area contributed by atoms with Crippen LogP contribution in [-0.2, 0) is 6.54 Å². The van der Waals surface area contributed by atoms with Crippen LogP contribution in [0.25, 0.3) is 6.20 Å². The van der Waals surface area contributed by atoms with Crippen LogP contribution in [0.15, 0.2) is 10.9 Å². The molecule has 0 aliphatic rings. The van der Waals surface area contributed by atoms with Crippen LogP contribution in [0, 0.1) is 0 Å². The van der Waals surface area contributed by atoms with Gasteiger partial charge in [0.05, 0.1) is 6.54 Å². The Kier molecular flexibility index (Phi) is 3.79. The summed E-state index contributed by atoms with van der Waals surface area (Å²) in [7, 11) is 3.93. The van der Waals surface area contributed by atoms with Crippen LogP contribution < -0.4 is 5.69 Å². The Morgan fingerprint density at radius 1 is 1.47 bits per heavy atom. The van der Waals surface area contributed by atoms with E-state index in [0.717, 1.165) is 0 Å². The monoisotopic (exact) mass is 211 g/mol. The molecule has 0 aliphatic heterocycles. The van der Waals surface area contributed by atoms with Crippen molar-refractivity contribution in [2.75, 3.05) is 14.1 Å². The van der Waals surface area contributed by atoms with Crippen LogP contribution in [-0.4, -0.2) is 44.8 Å². The summed E-state index contributed by atoms with van der Waals surface area (Å²) < 4.78 is 2.59. The summed E-state index contributed by atoms with van der Waals surface area (Å²) in [6.45, 7) is 4.40. The van der Waals surface area contributed by atoms with E-state index in [9.17, 15) is 4.79 Å². The minimum Gasteiger partial charge on any atom is -0.305 e. The van der Waals surface area contributed by atoms with E-state index >= 15 is 0 Å². The Bertz CT molecular complexity index is 389. The lowest BCUT2D eigenvalue weighted by atomic mass is 10.3. The smallest absolute Gasteiger partial charge is 0.305 e. The molecule has 1 unspecified atom stereocenters. The molecule has 0 aliphatic carbocycles. The van der Waals surface area contributed by atoms with Gasteiger partial charge in [-0.2, -0.15) is 9.36 Å². The molecule has 15 heavy (non-hydrogen) atoms. The average Bonchev–Trinajstić information content (AvgIpc) is 2.50. The molecule has 1 atom stereocenters. The van der Waals surface area contributed by atoms with Crippen LogP contribution >= 0.6 is 0 Å². The van der Waals surface area contributed by atoms with Gasteiger partial charge >= 0.3 is 5.69 Å². The van der Waals surface area contributed by atoms with Gasteiger partial charge in [-0.05, 0) is 38.4 Å². The normalized spacial score (nSPS) is 13.9. The molecule has 0 saturated heterocycles. The number of hydrogen-bond acceptors (Lipinski definition) is 4.